The van der Waals surface area contributed by atoms with Crippen LogP contribution in [0.4, 0.5) is 0 Å². The zero-order chi connectivity index (χ0) is 24.8. The van der Waals surface area contributed by atoms with E-state index in [9.17, 15) is 19.8 Å². The molecule has 2 heterocycles. The molecule has 0 bridgehead atoms. The standard InChI is InChI=1S/C26H37NO6/c1-16-11-9-7-8-10-12-21(17(2)13-20-15-32-19(4)27-20)33-23(29)14-22(28)26(5,6)25(31)18(3)24(16)30/h8-11,13,15-16,18,21-22,24,28,30H,7,12,14H2,1-6H3/b10-8-,11-9-,17-13+/t16-,18+,21-,22-,24-/m0/s1. The maximum absolute atomic E-state index is 13.1. The van der Waals surface area contributed by atoms with Crippen molar-refractivity contribution in [3.05, 3.63) is 47.7 Å². The number of hydrogen-bond donors (Lipinski definition) is 2. The zero-order valence-electron chi connectivity index (χ0n) is 20.4. The highest BCUT2D eigenvalue weighted by molar-refractivity contribution is 5.88. The second-order valence-corrected chi connectivity index (χ2v) is 9.47. The smallest absolute Gasteiger partial charge is 0.309 e. The minimum Gasteiger partial charge on any atom is -0.457 e. The molecule has 2 N–H and O–H groups in total. The summed E-state index contributed by atoms with van der Waals surface area (Å²) in [6.07, 6.45) is 9.16. The highest BCUT2D eigenvalue weighted by Crippen LogP contribution is 2.31. The summed E-state index contributed by atoms with van der Waals surface area (Å²) in [5, 5.41) is 21.4. The van der Waals surface area contributed by atoms with E-state index in [-0.39, 0.29) is 18.1 Å². The van der Waals surface area contributed by atoms with Gasteiger partial charge in [-0.15, -0.1) is 0 Å². The van der Waals surface area contributed by atoms with Crippen molar-refractivity contribution in [2.45, 2.75) is 79.1 Å². The summed E-state index contributed by atoms with van der Waals surface area (Å²) in [6, 6.07) is 0. The molecule has 0 radical (unpaired) electrons. The lowest BCUT2D eigenvalue weighted by atomic mass is 9.73. The summed E-state index contributed by atoms with van der Waals surface area (Å²) in [5.74, 6) is -1.28. The van der Waals surface area contributed by atoms with E-state index < -0.39 is 35.6 Å². The van der Waals surface area contributed by atoms with Gasteiger partial charge in [0.1, 0.15) is 23.8 Å². The van der Waals surface area contributed by atoms with E-state index in [1.165, 1.54) is 6.26 Å². The summed E-state index contributed by atoms with van der Waals surface area (Å²) in [4.78, 5) is 30.0. The van der Waals surface area contributed by atoms with Gasteiger partial charge in [0.25, 0.3) is 0 Å². The van der Waals surface area contributed by atoms with Gasteiger partial charge in [0.05, 0.1) is 24.0 Å². The molecule has 7 heteroatoms. The first kappa shape index (κ1) is 26.7. The van der Waals surface area contributed by atoms with E-state index in [0.29, 0.717) is 24.4 Å². The highest BCUT2D eigenvalue weighted by Gasteiger charge is 2.42. The largest absolute Gasteiger partial charge is 0.457 e. The van der Waals surface area contributed by atoms with Crippen molar-refractivity contribution < 1.29 is 29.0 Å². The molecule has 0 amide bonds. The minimum absolute atomic E-state index is 0.230. The molecule has 0 aliphatic carbocycles. The number of ether oxygens (including phenoxy) is 1. The normalized spacial score (nSPS) is 32.2. The Morgan fingerprint density at radius 3 is 2.52 bits per heavy atom. The predicted octanol–water partition coefficient (Wildman–Crippen LogP) is 4.18. The number of oxazole rings is 1. The first-order valence-electron chi connectivity index (χ1n) is 11.4. The number of carbonyl (C=O) groups excluding carboxylic acids is 2. The average Bonchev–Trinajstić information content (AvgIpc) is 3.16. The summed E-state index contributed by atoms with van der Waals surface area (Å²) in [6.45, 7) is 10.3. The quantitative estimate of drug-likeness (QED) is 0.504. The average molecular weight is 460 g/mol. The second kappa shape index (κ2) is 11.6. The van der Waals surface area contributed by atoms with Gasteiger partial charge in [0.2, 0.25) is 0 Å². The minimum atomic E-state index is -1.25. The van der Waals surface area contributed by atoms with Crippen molar-refractivity contribution in [1.29, 1.82) is 0 Å². The van der Waals surface area contributed by atoms with Crippen LogP contribution >= 0.6 is 0 Å². The number of rotatable bonds is 2. The van der Waals surface area contributed by atoms with Gasteiger partial charge >= 0.3 is 5.97 Å². The van der Waals surface area contributed by atoms with Crippen LogP contribution in [0.3, 0.4) is 0 Å². The van der Waals surface area contributed by atoms with Crippen LogP contribution in [-0.4, -0.2) is 45.3 Å². The molecular weight excluding hydrogens is 422 g/mol. The molecule has 33 heavy (non-hydrogen) atoms. The summed E-state index contributed by atoms with van der Waals surface area (Å²) in [7, 11) is 0. The number of aliphatic hydroxyl groups is 2. The molecule has 1 aliphatic heterocycles. The van der Waals surface area contributed by atoms with Crippen LogP contribution < -0.4 is 0 Å². The molecule has 0 spiro atoms. The van der Waals surface area contributed by atoms with Crippen LogP contribution in [0.1, 0.15) is 65.5 Å². The number of nitrogens with zero attached hydrogens (tertiary/aromatic N) is 1. The molecular formula is C26H37NO6. The number of Topliss-reactive ketones (excluding diaryl/α,β-unsaturated/α-hetero) is 1. The fraction of sp³-hybridized carbons (Fsp3) is 0.577. The predicted molar refractivity (Wildman–Crippen MR) is 126 cm³/mol. The number of ketones is 1. The third-order valence-electron chi connectivity index (χ3n) is 6.32. The molecule has 5 atom stereocenters. The van der Waals surface area contributed by atoms with Gasteiger partial charge in [0.15, 0.2) is 5.89 Å². The van der Waals surface area contributed by atoms with Crippen molar-refractivity contribution in [1.82, 2.24) is 4.98 Å². The fourth-order valence-corrected chi connectivity index (χ4v) is 3.88. The van der Waals surface area contributed by atoms with Gasteiger partial charge in [0, 0.05) is 25.2 Å². The van der Waals surface area contributed by atoms with Crippen molar-refractivity contribution >= 4 is 17.8 Å². The molecule has 0 saturated carbocycles. The Kier molecular flexibility index (Phi) is 9.37. The Balaban J connectivity index is 2.31. The van der Waals surface area contributed by atoms with E-state index in [1.54, 1.807) is 33.8 Å². The number of cyclic esters (lactones) is 1. The Hall–Kier alpha value is -2.51. The van der Waals surface area contributed by atoms with Crippen molar-refractivity contribution in [3.63, 3.8) is 0 Å². The Bertz CT molecular complexity index is 910. The number of esters is 1. The number of aromatic nitrogens is 1. The van der Waals surface area contributed by atoms with Crippen LogP contribution in [0, 0.1) is 24.2 Å². The van der Waals surface area contributed by atoms with Crippen molar-refractivity contribution in [2.24, 2.45) is 17.3 Å². The molecule has 2 rings (SSSR count). The van der Waals surface area contributed by atoms with Gasteiger partial charge in [-0.3, -0.25) is 9.59 Å². The van der Waals surface area contributed by atoms with Crippen LogP contribution in [0.25, 0.3) is 6.08 Å². The van der Waals surface area contributed by atoms with E-state index in [4.69, 9.17) is 9.15 Å². The Morgan fingerprint density at radius 2 is 1.88 bits per heavy atom. The van der Waals surface area contributed by atoms with Gasteiger partial charge in [-0.25, -0.2) is 4.98 Å². The number of hydrogen-bond acceptors (Lipinski definition) is 7. The fourth-order valence-electron chi connectivity index (χ4n) is 3.88. The Morgan fingerprint density at radius 1 is 1.18 bits per heavy atom. The van der Waals surface area contributed by atoms with Crippen LogP contribution in [-0.2, 0) is 14.3 Å². The summed E-state index contributed by atoms with van der Waals surface area (Å²) >= 11 is 0. The monoisotopic (exact) mass is 459 g/mol. The van der Waals surface area contributed by atoms with E-state index in [2.05, 4.69) is 4.98 Å². The first-order chi connectivity index (χ1) is 15.4. The first-order valence-corrected chi connectivity index (χ1v) is 11.4. The number of carbonyl (C=O) groups is 2. The van der Waals surface area contributed by atoms with E-state index >= 15 is 0 Å². The zero-order valence-corrected chi connectivity index (χ0v) is 20.4. The molecule has 1 aromatic rings. The van der Waals surface area contributed by atoms with Crippen LogP contribution in [0.5, 0.6) is 0 Å². The molecule has 1 aromatic heterocycles. The van der Waals surface area contributed by atoms with E-state index in [0.717, 1.165) is 5.57 Å². The second-order valence-electron chi connectivity index (χ2n) is 9.47. The molecule has 0 fully saturated rings. The van der Waals surface area contributed by atoms with E-state index in [1.807, 2.05) is 38.2 Å². The SMILES string of the molecule is C/C(=C\c1coc(C)n1)[C@@H]1C/C=C\C/C=C\[C@H](C)[C@H](O)[C@@H](C)C(=O)C(C)(C)[C@@H](O)CC(=O)O1. The van der Waals surface area contributed by atoms with Crippen molar-refractivity contribution in [3.8, 4) is 0 Å². The number of allylic oxidation sites excluding steroid dienone is 2. The van der Waals surface area contributed by atoms with Gasteiger partial charge in [-0.2, -0.15) is 0 Å². The molecule has 0 saturated heterocycles. The maximum Gasteiger partial charge on any atom is 0.309 e. The molecule has 0 unspecified atom stereocenters. The lowest BCUT2D eigenvalue weighted by Gasteiger charge is -2.34. The maximum atomic E-state index is 13.1. The topological polar surface area (TPSA) is 110 Å². The number of aliphatic hydroxyl groups excluding tert-OH is 2. The van der Waals surface area contributed by atoms with Crippen molar-refractivity contribution in [2.75, 3.05) is 0 Å². The molecule has 182 valence electrons. The molecule has 1 aliphatic rings. The highest BCUT2D eigenvalue weighted by atomic mass is 16.5. The third-order valence-corrected chi connectivity index (χ3v) is 6.32. The summed E-state index contributed by atoms with van der Waals surface area (Å²) in [5.41, 5.74) is 0.194. The Labute approximate surface area is 196 Å². The van der Waals surface area contributed by atoms with Gasteiger partial charge < -0.3 is 19.4 Å². The molecule has 0 aromatic carbocycles. The summed E-state index contributed by atoms with van der Waals surface area (Å²) < 4.78 is 10.9. The lowest BCUT2D eigenvalue weighted by molar-refractivity contribution is -0.154. The third kappa shape index (κ3) is 7.24. The van der Waals surface area contributed by atoms with Gasteiger partial charge in [-0.1, -0.05) is 52.0 Å². The molecule has 7 nitrogen and oxygen atoms in total. The van der Waals surface area contributed by atoms with Crippen LogP contribution in [0.15, 0.2) is 40.6 Å². The van der Waals surface area contributed by atoms with Gasteiger partial charge in [-0.05, 0) is 25.0 Å². The lowest BCUT2D eigenvalue weighted by Crippen LogP contribution is -2.45. The number of aryl methyl sites for hydroxylation is 1. The van der Waals surface area contributed by atoms with Crippen LogP contribution in [0.2, 0.25) is 0 Å².